The molecule has 0 saturated heterocycles. The first kappa shape index (κ1) is 50.3. The molecule has 0 aliphatic rings. The maximum absolute atomic E-state index is 12.5. The molecule has 304 valence electrons. The molecule has 6 nitrogen and oxygen atoms in total. The van der Waals surface area contributed by atoms with E-state index in [1.807, 2.05) is 0 Å². The Morgan fingerprint density at radius 2 is 0.808 bits per heavy atom. The fraction of sp³-hybridized carbons (Fsp3) is 0.804. The van der Waals surface area contributed by atoms with Gasteiger partial charge in [0.05, 0.1) is 18.8 Å². The second-order valence-electron chi connectivity index (χ2n) is 15.0. The number of allylic oxidation sites excluding steroid dienone is 8. The average molecular weight is 732 g/mol. The molecular weight excluding hydrogens is 647 g/mol. The van der Waals surface area contributed by atoms with Crippen LogP contribution in [0, 0.1) is 0 Å². The first-order valence-corrected chi connectivity index (χ1v) is 22.0. The number of unbranched alkanes of at least 4 members (excludes halogenated alkanes) is 22. The Labute approximate surface area is 321 Å². The van der Waals surface area contributed by atoms with E-state index < -0.39 is 36.9 Å². The smallest absolute Gasteiger partial charge is 0.249 e. The minimum atomic E-state index is -1.30. The molecule has 4 unspecified atom stereocenters. The number of hydrogen-bond acceptors (Lipinski definition) is 5. The van der Waals surface area contributed by atoms with Gasteiger partial charge in [0.15, 0.2) is 0 Å². The third-order valence-corrected chi connectivity index (χ3v) is 9.97. The van der Waals surface area contributed by atoms with Gasteiger partial charge in [-0.25, -0.2) is 0 Å². The monoisotopic (exact) mass is 732 g/mol. The number of carbonyl (C=O) groups is 1. The summed E-state index contributed by atoms with van der Waals surface area (Å²) in [5, 5.41) is 43.6. The molecule has 5 N–H and O–H groups in total. The van der Waals surface area contributed by atoms with Crippen molar-refractivity contribution in [1.82, 2.24) is 5.32 Å². The minimum absolute atomic E-state index is 0.350. The summed E-state index contributed by atoms with van der Waals surface area (Å²) < 4.78 is 0. The molecule has 0 heterocycles. The van der Waals surface area contributed by atoms with Crippen LogP contribution in [0.15, 0.2) is 48.6 Å². The Morgan fingerprint density at radius 1 is 0.462 bits per heavy atom. The largest absolute Gasteiger partial charge is 0.394 e. The summed E-state index contributed by atoms with van der Waals surface area (Å²) in [6, 6.07) is -1.01. The second kappa shape index (κ2) is 40.5. The van der Waals surface area contributed by atoms with Crippen LogP contribution in [-0.2, 0) is 4.79 Å². The fourth-order valence-corrected chi connectivity index (χ4v) is 6.43. The van der Waals surface area contributed by atoms with Crippen molar-refractivity contribution in [2.24, 2.45) is 0 Å². The molecule has 0 fully saturated rings. The Kier molecular flexibility index (Phi) is 39.1. The number of rotatable bonds is 39. The van der Waals surface area contributed by atoms with Gasteiger partial charge >= 0.3 is 0 Å². The van der Waals surface area contributed by atoms with E-state index in [0.717, 1.165) is 64.2 Å². The van der Waals surface area contributed by atoms with Crippen molar-refractivity contribution in [3.63, 3.8) is 0 Å². The van der Waals surface area contributed by atoms with Crippen LogP contribution >= 0.6 is 0 Å². The van der Waals surface area contributed by atoms with E-state index >= 15 is 0 Å². The molecule has 0 saturated carbocycles. The Morgan fingerprint density at radius 3 is 1.21 bits per heavy atom. The van der Waals surface area contributed by atoms with E-state index in [0.29, 0.717) is 19.3 Å². The molecule has 0 aliphatic heterocycles. The Bertz CT molecular complexity index is 869. The molecule has 1 amide bonds. The summed E-state index contributed by atoms with van der Waals surface area (Å²) in [5.41, 5.74) is 0. The zero-order valence-electron chi connectivity index (χ0n) is 34.0. The van der Waals surface area contributed by atoms with E-state index in [1.54, 1.807) is 0 Å². The van der Waals surface area contributed by atoms with Crippen LogP contribution in [0.25, 0.3) is 0 Å². The highest BCUT2D eigenvalue weighted by Gasteiger charge is 2.28. The van der Waals surface area contributed by atoms with Crippen molar-refractivity contribution in [2.45, 2.75) is 231 Å². The summed E-state index contributed by atoms with van der Waals surface area (Å²) in [6.07, 6.45) is 48.5. The predicted molar refractivity (Wildman–Crippen MR) is 223 cm³/mol. The summed E-state index contributed by atoms with van der Waals surface area (Å²) in [7, 11) is 0. The van der Waals surface area contributed by atoms with Crippen molar-refractivity contribution >= 4 is 5.91 Å². The van der Waals surface area contributed by atoms with Crippen molar-refractivity contribution in [1.29, 1.82) is 0 Å². The lowest BCUT2D eigenvalue weighted by molar-refractivity contribution is -0.132. The predicted octanol–water partition coefficient (Wildman–Crippen LogP) is 11.5. The van der Waals surface area contributed by atoms with Crippen LogP contribution in [0.4, 0.5) is 0 Å². The van der Waals surface area contributed by atoms with Crippen molar-refractivity contribution in [3.05, 3.63) is 48.6 Å². The van der Waals surface area contributed by atoms with Gasteiger partial charge in [-0.2, -0.15) is 0 Å². The summed E-state index contributed by atoms with van der Waals surface area (Å²) in [6.45, 7) is 4.01. The first-order valence-electron chi connectivity index (χ1n) is 22.0. The number of nitrogens with one attached hydrogen (secondary N) is 1. The lowest BCUT2D eigenvalue weighted by Crippen LogP contribution is -2.53. The first-order chi connectivity index (χ1) is 25.5. The number of aliphatic hydroxyl groups is 4. The maximum Gasteiger partial charge on any atom is 0.249 e. The molecule has 6 heteroatoms. The van der Waals surface area contributed by atoms with Gasteiger partial charge in [-0.3, -0.25) is 4.79 Å². The molecule has 4 atom stereocenters. The number of hydrogen-bond donors (Lipinski definition) is 5. The molecule has 52 heavy (non-hydrogen) atoms. The van der Waals surface area contributed by atoms with Crippen LogP contribution in [0.2, 0.25) is 0 Å². The summed E-state index contributed by atoms with van der Waals surface area (Å²) >= 11 is 0. The maximum atomic E-state index is 12.5. The van der Waals surface area contributed by atoms with Gasteiger partial charge < -0.3 is 25.7 Å². The van der Waals surface area contributed by atoms with Crippen molar-refractivity contribution < 1.29 is 25.2 Å². The third kappa shape index (κ3) is 34.1. The van der Waals surface area contributed by atoms with E-state index in [2.05, 4.69) is 67.8 Å². The number of amides is 1. The van der Waals surface area contributed by atoms with Gasteiger partial charge in [-0.05, 0) is 89.9 Å². The molecule has 0 aromatic carbocycles. The molecule has 0 spiro atoms. The highest BCUT2D eigenvalue weighted by molar-refractivity contribution is 5.80. The van der Waals surface area contributed by atoms with Crippen LogP contribution < -0.4 is 5.32 Å². The molecule has 0 rings (SSSR count). The van der Waals surface area contributed by atoms with Gasteiger partial charge in [0.2, 0.25) is 5.91 Å². The molecule has 0 radical (unpaired) electrons. The van der Waals surface area contributed by atoms with E-state index in [-0.39, 0.29) is 0 Å². The summed E-state index contributed by atoms with van der Waals surface area (Å²) in [5.74, 6) is -0.606. The van der Waals surface area contributed by atoms with Crippen LogP contribution in [-0.4, -0.2) is 57.3 Å². The average Bonchev–Trinajstić information content (AvgIpc) is 3.15. The van der Waals surface area contributed by atoms with Gasteiger partial charge in [0, 0.05) is 0 Å². The normalized spacial score (nSPS) is 14.7. The molecule has 0 bridgehead atoms. The zero-order valence-corrected chi connectivity index (χ0v) is 34.0. The minimum Gasteiger partial charge on any atom is -0.394 e. The zero-order chi connectivity index (χ0) is 38.2. The lowest BCUT2D eigenvalue weighted by atomic mass is 10.00. The van der Waals surface area contributed by atoms with Gasteiger partial charge in [-0.1, -0.05) is 165 Å². The third-order valence-electron chi connectivity index (χ3n) is 9.97. The van der Waals surface area contributed by atoms with E-state index in [9.17, 15) is 25.2 Å². The molecule has 0 aliphatic carbocycles. The van der Waals surface area contributed by atoms with Crippen molar-refractivity contribution in [2.75, 3.05) is 6.61 Å². The second-order valence-corrected chi connectivity index (χ2v) is 15.0. The molecular formula is C46H85NO5. The van der Waals surface area contributed by atoms with Crippen LogP contribution in [0.5, 0.6) is 0 Å². The topological polar surface area (TPSA) is 110 Å². The SMILES string of the molecule is CCCCCCC/C=C/CC/C=C/CC/C=C/CCCC(O)C(O)C(CO)NC(=O)C(O)CCCCCCCC/C=C\CCCCCCCCCC. The van der Waals surface area contributed by atoms with Crippen LogP contribution in [0.3, 0.4) is 0 Å². The van der Waals surface area contributed by atoms with Gasteiger partial charge in [0.1, 0.15) is 12.2 Å². The molecule has 0 aromatic heterocycles. The van der Waals surface area contributed by atoms with E-state index in [1.165, 1.54) is 109 Å². The highest BCUT2D eigenvalue weighted by atomic mass is 16.3. The van der Waals surface area contributed by atoms with Gasteiger partial charge in [0.25, 0.3) is 0 Å². The van der Waals surface area contributed by atoms with E-state index in [4.69, 9.17) is 0 Å². The highest BCUT2D eigenvalue weighted by Crippen LogP contribution is 2.14. The number of carbonyl (C=O) groups excluding carboxylic acids is 1. The summed E-state index contributed by atoms with van der Waals surface area (Å²) in [4.78, 5) is 12.5. The quantitative estimate of drug-likeness (QED) is 0.0319. The van der Waals surface area contributed by atoms with Crippen LogP contribution in [0.1, 0.15) is 206 Å². The Balaban J connectivity index is 3.85. The lowest BCUT2D eigenvalue weighted by Gasteiger charge is -2.27. The number of aliphatic hydroxyl groups excluding tert-OH is 4. The van der Waals surface area contributed by atoms with Crippen molar-refractivity contribution in [3.8, 4) is 0 Å². The molecule has 0 aromatic rings. The Hall–Kier alpha value is -1.73. The standard InChI is InChI=1S/C46H85NO5/c1-3-5-7-9-11-13-15-17-19-21-23-25-27-29-31-33-35-37-39-43(49)45(51)42(41-48)47-46(52)44(50)40-38-36-34-32-30-28-26-24-22-20-18-16-14-12-10-8-6-4-2/h15,17,22-25,31,33,42-45,48-51H,3-14,16,18-21,26-30,32,34-41H2,1-2H3,(H,47,52)/b17-15+,24-22-,25-23+,33-31+. The van der Waals surface area contributed by atoms with Gasteiger partial charge in [-0.15, -0.1) is 0 Å². The fourth-order valence-electron chi connectivity index (χ4n) is 6.43.